The quantitative estimate of drug-likeness (QED) is 0.441. The Hall–Kier alpha value is -2.93. The van der Waals surface area contributed by atoms with Gasteiger partial charge in [-0.1, -0.05) is 42.6 Å². The number of hydrogen-bond acceptors (Lipinski definition) is 5. The van der Waals surface area contributed by atoms with E-state index in [1.807, 2.05) is 18.2 Å². The summed E-state index contributed by atoms with van der Waals surface area (Å²) in [5.74, 6) is -1.08. The number of imide groups is 1. The van der Waals surface area contributed by atoms with Crippen LogP contribution in [0.2, 0.25) is 5.02 Å². The summed E-state index contributed by atoms with van der Waals surface area (Å²) in [5.41, 5.74) is 1.17. The minimum atomic E-state index is -0.517. The molecule has 0 aromatic heterocycles. The second-order valence-corrected chi connectivity index (χ2v) is 7.82. The number of nitrogens with one attached hydrogen (secondary N) is 1. The van der Waals surface area contributed by atoms with Gasteiger partial charge in [-0.05, 0) is 36.6 Å². The van der Waals surface area contributed by atoms with Gasteiger partial charge in [-0.2, -0.15) is 0 Å². The zero-order valence-electron chi connectivity index (χ0n) is 15.6. The van der Waals surface area contributed by atoms with Crippen LogP contribution in [0.15, 0.2) is 42.5 Å². The topological polar surface area (TPSA) is 92.6 Å². The van der Waals surface area contributed by atoms with Crippen LogP contribution in [-0.2, 0) is 16.1 Å². The molecular formula is C21H20ClN3O4. The minimum absolute atomic E-state index is 0.190. The van der Waals surface area contributed by atoms with E-state index in [1.54, 1.807) is 12.1 Å². The van der Waals surface area contributed by atoms with Crippen LogP contribution in [0, 0.1) is 22.0 Å². The van der Waals surface area contributed by atoms with Gasteiger partial charge in [0.15, 0.2) is 0 Å². The molecule has 2 atom stereocenters. The first-order valence-electron chi connectivity index (χ1n) is 9.61. The third-order valence-corrected chi connectivity index (χ3v) is 6.07. The molecule has 8 heteroatoms. The number of carbonyl (C=O) groups is 2. The smallest absolute Gasteiger partial charge is 0.294 e. The van der Waals surface area contributed by atoms with Gasteiger partial charge in [-0.3, -0.25) is 19.7 Å². The fourth-order valence-corrected chi connectivity index (χ4v) is 4.41. The van der Waals surface area contributed by atoms with Crippen molar-refractivity contribution < 1.29 is 14.5 Å². The molecule has 1 aliphatic carbocycles. The number of halogens is 1. The van der Waals surface area contributed by atoms with Gasteiger partial charge >= 0.3 is 0 Å². The summed E-state index contributed by atoms with van der Waals surface area (Å²) >= 11 is 6.14. The van der Waals surface area contributed by atoms with E-state index in [1.165, 1.54) is 12.1 Å². The van der Waals surface area contributed by atoms with E-state index in [0.717, 1.165) is 23.3 Å². The van der Waals surface area contributed by atoms with Crippen molar-refractivity contribution in [2.24, 2.45) is 11.8 Å². The van der Waals surface area contributed by atoms with Gasteiger partial charge in [0.05, 0.1) is 22.4 Å². The molecule has 2 amide bonds. The van der Waals surface area contributed by atoms with E-state index < -0.39 is 4.92 Å². The van der Waals surface area contributed by atoms with Crippen LogP contribution in [0.25, 0.3) is 0 Å². The van der Waals surface area contributed by atoms with Gasteiger partial charge in [-0.15, -0.1) is 0 Å². The van der Waals surface area contributed by atoms with Crippen LogP contribution >= 0.6 is 11.6 Å². The number of benzene rings is 2. The van der Waals surface area contributed by atoms with E-state index in [-0.39, 0.29) is 35.0 Å². The predicted octanol–water partition coefficient (Wildman–Crippen LogP) is 4.54. The van der Waals surface area contributed by atoms with Crippen LogP contribution in [0.1, 0.15) is 31.2 Å². The van der Waals surface area contributed by atoms with Crippen molar-refractivity contribution in [1.82, 2.24) is 0 Å². The molecule has 0 unspecified atom stereocenters. The molecule has 0 radical (unpaired) electrons. The standard InChI is InChI=1S/C21H20ClN3O4/c22-17-8-4-1-5-13(17)12-23-18-10-9-14(11-19(18)25(28)29)24-20(26)15-6-2-3-7-16(15)21(24)27/h1,4-5,8-11,15-16,23H,2-3,6-7,12H2/t15-,16-/m1/s1. The Labute approximate surface area is 172 Å². The van der Waals surface area contributed by atoms with Gasteiger partial charge in [-0.25, -0.2) is 4.90 Å². The number of amides is 2. The molecule has 4 rings (SSSR count). The highest BCUT2D eigenvalue weighted by Crippen LogP contribution is 2.41. The minimum Gasteiger partial charge on any atom is -0.375 e. The summed E-state index contributed by atoms with van der Waals surface area (Å²) in [6, 6.07) is 11.6. The number of rotatable bonds is 5. The van der Waals surface area contributed by atoms with Gasteiger partial charge < -0.3 is 5.32 Å². The largest absolute Gasteiger partial charge is 0.375 e. The SMILES string of the molecule is O=C1[C@@H]2CCCC[C@H]2C(=O)N1c1ccc(NCc2ccccc2Cl)c([N+](=O)[O-])c1. The third-order valence-electron chi connectivity index (χ3n) is 5.70. The lowest BCUT2D eigenvalue weighted by molar-refractivity contribution is -0.383. The van der Waals surface area contributed by atoms with Crippen LogP contribution in [0.5, 0.6) is 0 Å². The first-order chi connectivity index (χ1) is 14.0. The molecule has 2 aromatic carbocycles. The molecule has 2 fully saturated rings. The Kier molecular flexibility index (Phi) is 5.24. The van der Waals surface area contributed by atoms with Gasteiger partial charge in [0.1, 0.15) is 5.69 Å². The Morgan fingerprint density at radius 1 is 1.07 bits per heavy atom. The molecule has 2 aromatic rings. The monoisotopic (exact) mass is 413 g/mol. The molecule has 0 bridgehead atoms. The lowest BCUT2D eigenvalue weighted by Gasteiger charge is -2.19. The average molecular weight is 414 g/mol. The average Bonchev–Trinajstić information content (AvgIpc) is 2.98. The number of nitro groups is 1. The van der Waals surface area contributed by atoms with Gasteiger partial charge in [0.25, 0.3) is 5.69 Å². The normalized spacial score (nSPS) is 21.2. The van der Waals surface area contributed by atoms with Gasteiger partial charge in [0, 0.05) is 17.6 Å². The first kappa shape index (κ1) is 19.4. The summed E-state index contributed by atoms with van der Waals surface area (Å²) < 4.78 is 0. The summed E-state index contributed by atoms with van der Waals surface area (Å²) in [6.07, 6.45) is 3.26. The molecular weight excluding hydrogens is 394 g/mol. The Morgan fingerprint density at radius 2 is 1.72 bits per heavy atom. The lowest BCUT2D eigenvalue weighted by atomic mass is 9.81. The highest BCUT2D eigenvalue weighted by Gasteiger charge is 2.49. The Bertz CT molecular complexity index is 970. The molecule has 1 aliphatic heterocycles. The summed E-state index contributed by atoms with van der Waals surface area (Å²) in [4.78, 5) is 37.8. The summed E-state index contributed by atoms with van der Waals surface area (Å²) in [6.45, 7) is 0.311. The van der Waals surface area contributed by atoms with E-state index in [2.05, 4.69) is 5.32 Å². The van der Waals surface area contributed by atoms with Crippen LogP contribution < -0.4 is 10.2 Å². The van der Waals surface area contributed by atoms with Crippen molar-refractivity contribution in [1.29, 1.82) is 0 Å². The maximum Gasteiger partial charge on any atom is 0.294 e. The molecule has 1 saturated carbocycles. The molecule has 150 valence electrons. The summed E-state index contributed by atoms with van der Waals surface area (Å²) in [7, 11) is 0. The maximum atomic E-state index is 12.8. The van der Waals surface area contributed by atoms with E-state index in [4.69, 9.17) is 11.6 Å². The van der Waals surface area contributed by atoms with Gasteiger partial charge in [0.2, 0.25) is 11.8 Å². The van der Waals surface area contributed by atoms with Crippen molar-refractivity contribution in [3.05, 3.63) is 63.2 Å². The number of nitrogens with zero attached hydrogens (tertiary/aromatic N) is 2. The van der Waals surface area contributed by atoms with Crippen LogP contribution in [0.3, 0.4) is 0 Å². The fourth-order valence-electron chi connectivity index (χ4n) is 4.21. The first-order valence-corrected chi connectivity index (χ1v) is 9.98. The zero-order valence-corrected chi connectivity index (χ0v) is 16.4. The Morgan fingerprint density at radius 3 is 2.34 bits per heavy atom. The molecule has 1 saturated heterocycles. The van der Waals surface area contributed by atoms with Crippen molar-refractivity contribution in [2.75, 3.05) is 10.2 Å². The molecule has 0 spiro atoms. The highest BCUT2D eigenvalue weighted by atomic mass is 35.5. The molecule has 1 N–H and O–H groups in total. The van der Waals surface area contributed by atoms with Crippen LogP contribution in [0.4, 0.5) is 17.1 Å². The fraction of sp³-hybridized carbons (Fsp3) is 0.333. The summed E-state index contributed by atoms with van der Waals surface area (Å²) in [5, 5.41) is 15.2. The highest BCUT2D eigenvalue weighted by molar-refractivity contribution is 6.31. The second kappa shape index (κ2) is 7.83. The Balaban J connectivity index is 1.61. The van der Waals surface area contributed by atoms with Crippen molar-refractivity contribution in [2.45, 2.75) is 32.2 Å². The lowest BCUT2D eigenvalue weighted by Crippen LogP contribution is -2.30. The number of fused-ring (bicyclic) bond motifs is 1. The molecule has 1 heterocycles. The number of carbonyl (C=O) groups excluding carboxylic acids is 2. The van der Waals surface area contributed by atoms with Crippen molar-refractivity contribution >= 4 is 40.5 Å². The van der Waals surface area contributed by atoms with Crippen molar-refractivity contribution in [3.8, 4) is 0 Å². The van der Waals surface area contributed by atoms with E-state index in [0.29, 0.717) is 30.1 Å². The van der Waals surface area contributed by atoms with Crippen molar-refractivity contribution in [3.63, 3.8) is 0 Å². The molecule has 7 nitrogen and oxygen atoms in total. The second-order valence-electron chi connectivity index (χ2n) is 7.41. The predicted molar refractivity (Wildman–Crippen MR) is 110 cm³/mol. The number of hydrogen-bond donors (Lipinski definition) is 1. The third kappa shape index (κ3) is 3.58. The van der Waals surface area contributed by atoms with E-state index in [9.17, 15) is 19.7 Å². The zero-order chi connectivity index (χ0) is 20.5. The maximum absolute atomic E-state index is 12.8. The van der Waals surface area contributed by atoms with E-state index >= 15 is 0 Å². The number of nitro benzene ring substituents is 1. The molecule has 29 heavy (non-hydrogen) atoms. The number of anilines is 2. The van der Waals surface area contributed by atoms with Crippen LogP contribution in [-0.4, -0.2) is 16.7 Å². The molecule has 2 aliphatic rings.